The van der Waals surface area contributed by atoms with Crippen molar-refractivity contribution in [2.45, 2.75) is 31.7 Å². The van der Waals surface area contributed by atoms with Crippen LogP contribution < -0.4 is 20.7 Å². The molecule has 2 amide bonds. The van der Waals surface area contributed by atoms with Crippen molar-refractivity contribution in [3.63, 3.8) is 0 Å². The van der Waals surface area contributed by atoms with Crippen molar-refractivity contribution >= 4 is 29.9 Å². The maximum absolute atomic E-state index is 11.8. The molecule has 1 saturated heterocycles. The first-order chi connectivity index (χ1) is 11.2. The van der Waals surface area contributed by atoms with Gasteiger partial charge in [0.05, 0.1) is 0 Å². The van der Waals surface area contributed by atoms with E-state index in [4.69, 9.17) is 4.74 Å². The Hall–Kier alpha value is -1.79. The minimum absolute atomic E-state index is 0. The molecule has 1 saturated carbocycles. The lowest BCUT2D eigenvalue weighted by molar-refractivity contribution is -0.123. The molecule has 1 aliphatic carbocycles. The summed E-state index contributed by atoms with van der Waals surface area (Å²) in [6, 6.07) is 7.52. The summed E-state index contributed by atoms with van der Waals surface area (Å²) in [4.78, 5) is 23.5. The third kappa shape index (κ3) is 5.69. The van der Waals surface area contributed by atoms with Crippen molar-refractivity contribution in [2.75, 3.05) is 25.0 Å². The minimum atomic E-state index is -0.133. The van der Waals surface area contributed by atoms with Gasteiger partial charge in [-0.05, 0) is 44.4 Å². The first kappa shape index (κ1) is 18.5. The fourth-order valence-corrected chi connectivity index (χ4v) is 2.62. The van der Waals surface area contributed by atoms with E-state index >= 15 is 0 Å². The van der Waals surface area contributed by atoms with Crippen LogP contribution in [0, 0.1) is 5.92 Å². The summed E-state index contributed by atoms with van der Waals surface area (Å²) in [5.41, 5.74) is 0.704. The van der Waals surface area contributed by atoms with E-state index in [1.165, 1.54) is 0 Å². The molecular formula is C17H24ClN3O3. The third-order valence-corrected chi connectivity index (χ3v) is 4.13. The fourth-order valence-electron chi connectivity index (χ4n) is 2.62. The quantitative estimate of drug-likeness (QED) is 0.697. The fraction of sp³-hybridized carbons (Fsp3) is 0.529. The highest BCUT2D eigenvalue weighted by atomic mass is 35.5. The minimum Gasteiger partial charge on any atom is -0.484 e. The molecule has 132 valence electrons. The molecule has 3 N–H and O–H groups in total. The third-order valence-electron chi connectivity index (χ3n) is 4.13. The molecule has 2 fully saturated rings. The molecule has 1 aromatic carbocycles. The molecule has 1 heterocycles. The van der Waals surface area contributed by atoms with Crippen LogP contribution in [0.5, 0.6) is 5.75 Å². The summed E-state index contributed by atoms with van der Waals surface area (Å²) in [5.74, 6) is 0.664. The van der Waals surface area contributed by atoms with Gasteiger partial charge in [-0.2, -0.15) is 0 Å². The topological polar surface area (TPSA) is 79.5 Å². The molecule has 3 rings (SSSR count). The molecule has 1 aliphatic heterocycles. The highest BCUT2D eigenvalue weighted by molar-refractivity contribution is 5.94. The van der Waals surface area contributed by atoms with Crippen LogP contribution in [-0.2, 0) is 9.59 Å². The van der Waals surface area contributed by atoms with E-state index in [-0.39, 0.29) is 36.7 Å². The van der Waals surface area contributed by atoms with E-state index in [1.54, 1.807) is 18.2 Å². The molecule has 24 heavy (non-hydrogen) atoms. The molecule has 0 radical (unpaired) electrons. The Morgan fingerprint density at radius 3 is 2.79 bits per heavy atom. The van der Waals surface area contributed by atoms with Crippen molar-refractivity contribution in [3.8, 4) is 5.75 Å². The molecule has 1 atom stereocenters. The van der Waals surface area contributed by atoms with Crippen LogP contribution >= 0.6 is 12.4 Å². The first-order valence-corrected chi connectivity index (χ1v) is 8.24. The van der Waals surface area contributed by atoms with Crippen molar-refractivity contribution in [1.29, 1.82) is 0 Å². The number of nitrogens with one attached hydrogen (secondary N) is 3. The van der Waals surface area contributed by atoms with Gasteiger partial charge >= 0.3 is 0 Å². The summed E-state index contributed by atoms with van der Waals surface area (Å²) in [6.45, 7) is 1.64. The molecule has 1 aromatic rings. The van der Waals surface area contributed by atoms with E-state index in [9.17, 15) is 9.59 Å². The van der Waals surface area contributed by atoms with Gasteiger partial charge in [-0.1, -0.05) is 6.07 Å². The zero-order valence-electron chi connectivity index (χ0n) is 13.5. The van der Waals surface area contributed by atoms with Crippen molar-refractivity contribution in [3.05, 3.63) is 24.3 Å². The zero-order chi connectivity index (χ0) is 16.1. The van der Waals surface area contributed by atoms with E-state index in [0.29, 0.717) is 24.0 Å². The van der Waals surface area contributed by atoms with E-state index < -0.39 is 0 Å². The van der Waals surface area contributed by atoms with Crippen molar-refractivity contribution in [1.82, 2.24) is 10.6 Å². The number of benzene rings is 1. The Morgan fingerprint density at radius 1 is 1.25 bits per heavy atom. The molecule has 6 nitrogen and oxygen atoms in total. The predicted molar refractivity (Wildman–Crippen MR) is 94.6 cm³/mol. The molecule has 0 bridgehead atoms. The highest BCUT2D eigenvalue weighted by Gasteiger charge is 2.29. The number of rotatable bonds is 7. The number of anilines is 1. The van der Waals surface area contributed by atoms with Crippen LogP contribution in [0.3, 0.4) is 0 Å². The Kier molecular flexibility index (Phi) is 6.87. The van der Waals surface area contributed by atoms with Crippen LogP contribution in [-0.4, -0.2) is 37.6 Å². The van der Waals surface area contributed by atoms with Crippen LogP contribution in [0.1, 0.15) is 25.7 Å². The number of carbonyl (C=O) groups is 2. The average Bonchev–Trinajstić information content (AvgIpc) is 3.28. The smallest absolute Gasteiger partial charge is 0.257 e. The normalized spacial score (nSPS) is 19.2. The van der Waals surface area contributed by atoms with Gasteiger partial charge in [-0.25, -0.2) is 0 Å². The Balaban J connectivity index is 0.00000208. The largest absolute Gasteiger partial charge is 0.484 e. The zero-order valence-corrected chi connectivity index (χ0v) is 14.4. The van der Waals surface area contributed by atoms with Gasteiger partial charge in [0.15, 0.2) is 6.61 Å². The number of amides is 2. The standard InChI is InChI=1S/C17H23N3O3.ClH/c21-16(19-10-14-4-2-8-18-14)11-23-15-5-1-3-13(9-15)20-17(22)12-6-7-12;/h1,3,5,9,12,14,18H,2,4,6-8,10-11H2,(H,19,21)(H,20,22);1H. The average molecular weight is 354 g/mol. The molecule has 0 aromatic heterocycles. The SMILES string of the molecule is Cl.O=C(COc1cccc(NC(=O)C2CC2)c1)NCC1CCCN1. The van der Waals surface area contributed by atoms with Gasteiger partial charge < -0.3 is 20.7 Å². The maximum atomic E-state index is 11.8. The Labute approximate surface area is 148 Å². The van der Waals surface area contributed by atoms with Crippen molar-refractivity contribution < 1.29 is 14.3 Å². The van der Waals surface area contributed by atoms with Gasteiger partial charge in [0.1, 0.15) is 5.75 Å². The lowest BCUT2D eigenvalue weighted by Gasteiger charge is -2.12. The van der Waals surface area contributed by atoms with E-state index in [0.717, 1.165) is 32.2 Å². The second-order valence-corrected chi connectivity index (χ2v) is 6.18. The number of ether oxygens (including phenoxy) is 1. The van der Waals surface area contributed by atoms with E-state index in [2.05, 4.69) is 16.0 Å². The molecular weight excluding hydrogens is 330 g/mol. The summed E-state index contributed by atoms with van der Waals surface area (Å²) in [6.07, 6.45) is 4.20. The number of halogens is 1. The Morgan fingerprint density at radius 2 is 2.08 bits per heavy atom. The molecule has 2 aliphatic rings. The lowest BCUT2D eigenvalue weighted by atomic mass is 10.2. The van der Waals surface area contributed by atoms with Crippen molar-refractivity contribution in [2.24, 2.45) is 5.92 Å². The molecule has 1 unspecified atom stereocenters. The van der Waals surface area contributed by atoms with Gasteiger partial charge in [0.2, 0.25) is 5.91 Å². The van der Waals surface area contributed by atoms with Gasteiger partial charge in [0.25, 0.3) is 5.91 Å². The Bertz CT molecular complexity index is 572. The summed E-state index contributed by atoms with van der Waals surface area (Å²) < 4.78 is 5.50. The first-order valence-electron chi connectivity index (χ1n) is 8.24. The van der Waals surface area contributed by atoms with E-state index in [1.807, 2.05) is 6.07 Å². The second kappa shape index (κ2) is 8.89. The van der Waals surface area contributed by atoms with Gasteiger partial charge in [-0.3, -0.25) is 9.59 Å². The van der Waals surface area contributed by atoms with Crippen LogP contribution in [0.15, 0.2) is 24.3 Å². The summed E-state index contributed by atoms with van der Waals surface area (Å²) in [7, 11) is 0. The number of hydrogen-bond donors (Lipinski definition) is 3. The van der Waals surface area contributed by atoms with Crippen LogP contribution in [0.4, 0.5) is 5.69 Å². The monoisotopic (exact) mass is 353 g/mol. The van der Waals surface area contributed by atoms with Gasteiger partial charge in [0, 0.05) is 30.3 Å². The highest BCUT2D eigenvalue weighted by Crippen LogP contribution is 2.30. The molecule has 7 heteroatoms. The molecule has 0 spiro atoms. The van der Waals surface area contributed by atoms with Crippen LogP contribution in [0.25, 0.3) is 0 Å². The summed E-state index contributed by atoms with van der Waals surface area (Å²) in [5, 5.41) is 9.06. The summed E-state index contributed by atoms with van der Waals surface area (Å²) >= 11 is 0. The van der Waals surface area contributed by atoms with Gasteiger partial charge in [-0.15, -0.1) is 12.4 Å². The predicted octanol–water partition coefficient (Wildman–Crippen LogP) is 1.70. The lowest BCUT2D eigenvalue weighted by Crippen LogP contribution is -2.39. The number of hydrogen-bond acceptors (Lipinski definition) is 4. The second-order valence-electron chi connectivity index (χ2n) is 6.18. The van der Waals surface area contributed by atoms with Crippen LogP contribution in [0.2, 0.25) is 0 Å². The number of carbonyl (C=O) groups excluding carboxylic acids is 2. The maximum Gasteiger partial charge on any atom is 0.257 e.